The molecule has 16 heteroatoms. The molecule has 3 aromatic carbocycles. The average molecular weight is 814 g/mol. The smallest absolute Gasteiger partial charge is 0.262 e. The molecule has 0 spiro atoms. The summed E-state index contributed by atoms with van der Waals surface area (Å²) in [5, 5.41) is 12.5. The highest BCUT2D eigenvalue weighted by atomic mass is 16.5. The van der Waals surface area contributed by atoms with Crippen LogP contribution in [-0.2, 0) is 32.2 Å². The zero-order valence-electron chi connectivity index (χ0n) is 33.4. The van der Waals surface area contributed by atoms with Crippen LogP contribution in [0.15, 0.2) is 72.8 Å². The van der Waals surface area contributed by atoms with Gasteiger partial charge in [0.05, 0.1) is 29.9 Å². The Bertz CT molecular complexity index is 2330. The lowest BCUT2D eigenvalue weighted by atomic mass is 9.95. The number of hydrogen-bond donors (Lipinski definition) is 3. The minimum absolute atomic E-state index is 0.0873. The fourth-order valence-electron chi connectivity index (χ4n) is 9.16. The maximum Gasteiger partial charge on any atom is 0.262 e. The minimum atomic E-state index is -0.978. The monoisotopic (exact) mass is 813 g/mol. The molecule has 0 bridgehead atoms. The number of aromatic amines is 1. The van der Waals surface area contributed by atoms with Crippen molar-refractivity contribution in [1.82, 2.24) is 30.2 Å². The number of ether oxygens (including phenoxy) is 1. The molecule has 310 valence electrons. The Labute approximate surface area is 346 Å². The first-order valence-electron chi connectivity index (χ1n) is 20.6. The number of anilines is 3. The number of aromatic nitrogens is 2. The standard InChI is InChI=1S/C44H47N9O7/c1-60-38(28-5-3-2-4-6-28)44(59)52-25-34-35(26-52)47-48-39(34)46-40(55)29-7-9-30(10-8-29)50-17-15-27(16-18-50)24-49-19-21-51(22-20-49)31-11-12-32-33(23-31)43(58)53(42(32)57)36-13-14-37(54)45-41(36)56/h2-12,23,27,36,38H,13-22,24-26H2,1H3,(H,45,54,56)(H2,46,47,48,55). The molecule has 0 saturated carbocycles. The summed E-state index contributed by atoms with van der Waals surface area (Å²) in [7, 11) is 1.52. The van der Waals surface area contributed by atoms with Gasteiger partial charge in [-0.15, -0.1) is 0 Å². The fourth-order valence-corrected chi connectivity index (χ4v) is 9.16. The third-order valence-corrected chi connectivity index (χ3v) is 12.5. The van der Waals surface area contributed by atoms with Gasteiger partial charge in [0.2, 0.25) is 11.8 Å². The molecule has 0 aliphatic carbocycles. The molecule has 3 N–H and O–H groups in total. The molecule has 5 aliphatic heterocycles. The first-order valence-corrected chi connectivity index (χ1v) is 20.6. The molecular formula is C44H47N9O7. The highest BCUT2D eigenvalue weighted by molar-refractivity contribution is 6.23. The number of hydrogen-bond acceptors (Lipinski definition) is 11. The van der Waals surface area contributed by atoms with Crippen molar-refractivity contribution in [3.8, 4) is 0 Å². The van der Waals surface area contributed by atoms with E-state index >= 15 is 0 Å². The zero-order chi connectivity index (χ0) is 41.5. The number of nitrogens with zero attached hydrogens (tertiary/aromatic N) is 6. The summed E-state index contributed by atoms with van der Waals surface area (Å²) in [5.41, 5.74) is 5.43. The van der Waals surface area contributed by atoms with Gasteiger partial charge in [0.25, 0.3) is 23.6 Å². The van der Waals surface area contributed by atoms with E-state index in [0.717, 1.165) is 91.8 Å². The van der Waals surface area contributed by atoms with E-state index in [-0.39, 0.29) is 30.2 Å². The van der Waals surface area contributed by atoms with Crippen LogP contribution < -0.4 is 20.4 Å². The van der Waals surface area contributed by atoms with Gasteiger partial charge in [0.1, 0.15) is 6.04 Å². The van der Waals surface area contributed by atoms with Crippen molar-refractivity contribution in [3.05, 3.63) is 106 Å². The number of H-pyrrole nitrogens is 1. The Kier molecular flexibility index (Phi) is 10.6. The number of carbonyl (C=O) groups excluding carboxylic acids is 6. The number of piperazine rings is 1. The number of fused-ring (bicyclic) bond motifs is 2. The Hall–Kier alpha value is -6.39. The third-order valence-electron chi connectivity index (χ3n) is 12.5. The third kappa shape index (κ3) is 7.52. The van der Waals surface area contributed by atoms with Crippen LogP contribution in [0.25, 0.3) is 0 Å². The maximum absolute atomic E-state index is 13.4. The van der Waals surface area contributed by atoms with Crippen LogP contribution in [0.2, 0.25) is 0 Å². The quantitative estimate of drug-likeness (QED) is 0.200. The molecule has 9 rings (SSSR count). The Balaban J connectivity index is 0.727. The predicted octanol–water partition coefficient (Wildman–Crippen LogP) is 3.33. The Morgan fingerprint density at radius 3 is 2.23 bits per heavy atom. The Morgan fingerprint density at radius 1 is 0.817 bits per heavy atom. The van der Waals surface area contributed by atoms with E-state index in [0.29, 0.717) is 36.0 Å². The van der Waals surface area contributed by atoms with Crippen molar-refractivity contribution >= 4 is 52.6 Å². The van der Waals surface area contributed by atoms with E-state index in [2.05, 4.69) is 35.5 Å². The molecule has 2 unspecified atom stereocenters. The van der Waals surface area contributed by atoms with Gasteiger partial charge in [0.15, 0.2) is 11.9 Å². The first kappa shape index (κ1) is 39.1. The van der Waals surface area contributed by atoms with Gasteiger partial charge < -0.3 is 24.8 Å². The van der Waals surface area contributed by atoms with E-state index in [1.807, 2.05) is 60.7 Å². The zero-order valence-corrected chi connectivity index (χ0v) is 33.4. The summed E-state index contributed by atoms with van der Waals surface area (Å²) in [6.07, 6.45) is 1.63. The molecule has 0 radical (unpaired) electrons. The second-order valence-corrected chi connectivity index (χ2v) is 16.1. The molecule has 2 atom stereocenters. The molecule has 6 amide bonds. The van der Waals surface area contributed by atoms with Gasteiger partial charge >= 0.3 is 0 Å². The van der Waals surface area contributed by atoms with Crippen LogP contribution in [0.1, 0.15) is 79.7 Å². The largest absolute Gasteiger partial charge is 0.372 e. The van der Waals surface area contributed by atoms with Gasteiger partial charge in [0, 0.05) is 81.8 Å². The predicted molar refractivity (Wildman–Crippen MR) is 220 cm³/mol. The number of nitrogens with one attached hydrogen (secondary N) is 3. The molecule has 60 heavy (non-hydrogen) atoms. The molecule has 5 aliphatic rings. The summed E-state index contributed by atoms with van der Waals surface area (Å²) in [4.78, 5) is 87.0. The number of carbonyl (C=O) groups is 6. The molecular weight excluding hydrogens is 767 g/mol. The second kappa shape index (κ2) is 16.3. The van der Waals surface area contributed by atoms with Crippen molar-refractivity contribution in [1.29, 1.82) is 0 Å². The minimum Gasteiger partial charge on any atom is -0.372 e. The lowest BCUT2D eigenvalue weighted by Crippen LogP contribution is -2.54. The van der Waals surface area contributed by atoms with Crippen molar-refractivity contribution in [3.63, 3.8) is 0 Å². The maximum atomic E-state index is 13.4. The number of methoxy groups -OCH3 is 1. The van der Waals surface area contributed by atoms with Crippen LogP contribution in [0, 0.1) is 5.92 Å². The van der Waals surface area contributed by atoms with E-state index in [4.69, 9.17) is 4.74 Å². The summed E-state index contributed by atoms with van der Waals surface area (Å²) in [6, 6.07) is 21.4. The number of rotatable bonds is 10. The van der Waals surface area contributed by atoms with Crippen LogP contribution in [0.4, 0.5) is 17.2 Å². The van der Waals surface area contributed by atoms with Crippen molar-refractivity contribution < 1.29 is 33.5 Å². The highest BCUT2D eigenvalue weighted by Crippen LogP contribution is 2.33. The number of piperidine rings is 2. The van der Waals surface area contributed by atoms with Crippen LogP contribution in [0.3, 0.4) is 0 Å². The highest BCUT2D eigenvalue weighted by Gasteiger charge is 2.45. The van der Waals surface area contributed by atoms with Crippen LogP contribution >= 0.6 is 0 Å². The van der Waals surface area contributed by atoms with Crippen molar-refractivity contribution in [2.75, 3.05) is 68.0 Å². The van der Waals surface area contributed by atoms with Gasteiger partial charge in [-0.25, -0.2) is 0 Å². The molecule has 4 aromatic rings. The summed E-state index contributed by atoms with van der Waals surface area (Å²) >= 11 is 0. The normalized spacial score (nSPS) is 20.3. The second-order valence-electron chi connectivity index (χ2n) is 16.1. The van der Waals surface area contributed by atoms with Gasteiger partial charge in [-0.1, -0.05) is 30.3 Å². The SMILES string of the molecule is COC(C(=O)N1Cc2[nH]nc(NC(=O)c3ccc(N4CCC(CN5CCN(c6ccc7c(c6)C(=O)N(C6CCC(=O)NC6=O)C7=O)CC5)CC4)cc3)c2C1)c1ccccc1. The lowest BCUT2D eigenvalue weighted by molar-refractivity contribution is -0.143. The summed E-state index contributed by atoms with van der Waals surface area (Å²) in [6.45, 7) is 6.90. The molecule has 6 heterocycles. The Morgan fingerprint density at radius 2 is 1.52 bits per heavy atom. The summed E-state index contributed by atoms with van der Waals surface area (Å²) < 4.78 is 5.55. The van der Waals surface area contributed by atoms with E-state index < -0.39 is 35.8 Å². The lowest BCUT2D eigenvalue weighted by Gasteiger charge is -2.40. The number of amides is 6. The van der Waals surface area contributed by atoms with Gasteiger partial charge in [-0.05, 0) is 73.2 Å². The van der Waals surface area contributed by atoms with Crippen LogP contribution in [0.5, 0.6) is 0 Å². The topological polar surface area (TPSA) is 181 Å². The van der Waals surface area contributed by atoms with Crippen molar-refractivity contribution in [2.45, 2.75) is 50.9 Å². The summed E-state index contributed by atoms with van der Waals surface area (Å²) in [5.74, 6) is -1.42. The first-order chi connectivity index (χ1) is 29.1. The van der Waals surface area contributed by atoms with Gasteiger partial charge in [-0.3, -0.25) is 49.0 Å². The molecule has 3 saturated heterocycles. The average Bonchev–Trinajstić information content (AvgIpc) is 3.94. The molecule has 16 nitrogen and oxygen atoms in total. The van der Waals surface area contributed by atoms with Crippen LogP contribution in [-0.4, -0.2) is 119 Å². The van der Waals surface area contributed by atoms with E-state index in [1.165, 1.54) is 7.11 Å². The van der Waals surface area contributed by atoms with Crippen molar-refractivity contribution in [2.24, 2.45) is 5.92 Å². The van der Waals surface area contributed by atoms with E-state index in [9.17, 15) is 28.8 Å². The molecule has 3 fully saturated rings. The van der Waals surface area contributed by atoms with Gasteiger partial charge in [-0.2, -0.15) is 5.10 Å². The van der Waals surface area contributed by atoms with E-state index in [1.54, 1.807) is 17.0 Å². The molecule has 1 aromatic heterocycles. The number of imide groups is 2. The number of benzene rings is 3. The fraction of sp³-hybridized carbons (Fsp3) is 0.386.